The summed E-state index contributed by atoms with van der Waals surface area (Å²) in [6.45, 7) is 9.67. The second-order valence-corrected chi connectivity index (χ2v) is 10.5. The van der Waals surface area contributed by atoms with E-state index in [2.05, 4.69) is 10.4 Å². The van der Waals surface area contributed by atoms with E-state index >= 15 is 0 Å². The Kier molecular flexibility index (Phi) is 7.96. The first-order valence-corrected chi connectivity index (χ1v) is 11.9. The average Bonchev–Trinajstić information content (AvgIpc) is 3.17. The van der Waals surface area contributed by atoms with Gasteiger partial charge in [0.05, 0.1) is 21.4 Å². The molecule has 180 valence electrons. The van der Waals surface area contributed by atoms with Crippen LogP contribution in [0.2, 0.25) is 15.1 Å². The van der Waals surface area contributed by atoms with E-state index in [-0.39, 0.29) is 29.8 Å². The molecule has 0 spiro atoms. The molecule has 0 saturated heterocycles. The smallest absolute Gasteiger partial charge is 0.254 e. The fourth-order valence-electron chi connectivity index (χ4n) is 3.26. The first-order chi connectivity index (χ1) is 15.9. The molecule has 0 fully saturated rings. The largest absolute Gasteiger partial charge is 0.327 e. The van der Waals surface area contributed by atoms with E-state index in [0.717, 1.165) is 5.69 Å². The van der Waals surface area contributed by atoms with Crippen molar-refractivity contribution in [2.75, 3.05) is 11.9 Å². The Hall–Kier alpha value is -2.54. The quantitative estimate of drug-likeness (QED) is 0.396. The van der Waals surface area contributed by atoms with Crippen LogP contribution in [0, 0.1) is 0 Å². The number of carbonyl (C=O) groups is 2. The molecule has 0 atom stereocenters. The summed E-state index contributed by atoms with van der Waals surface area (Å²) in [4.78, 5) is 27.6. The van der Waals surface area contributed by atoms with Crippen LogP contribution in [0.1, 0.15) is 50.7 Å². The van der Waals surface area contributed by atoms with E-state index in [9.17, 15) is 9.59 Å². The predicted molar refractivity (Wildman–Crippen MR) is 139 cm³/mol. The number of rotatable bonds is 6. The van der Waals surface area contributed by atoms with Crippen LogP contribution in [0.4, 0.5) is 5.82 Å². The van der Waals surface area contributed by atoms with Gasteiger partial charge in [-0.1, -0.05) is 61.6 Å². The topological polar surface area (TPSA) is 67.2 Å². The van der Waals surface area contributed by atoms with Gasteiger partial charge in [-0.25, -0.2) is 4.68 Å². The lowest BCUT2D eigenvalue weighted by atomic mass is 9.92. The van der Waals surface area contributed by atoms with E-state index in [1.54, 1.807) is 47.1 Å². The molecule has 1 N–H and O–H groups in total. The van der Waals surface area contributed by atoms with Crippen LogP contribution in [-0.4, -0.2) is 39.1 Å². The van der Waals surface area contributed by atoms with Crippen LogP contribution in [-0.2, 0) is 10.2 Å². The number of halogens is 3. The summed E-state index contributed by atoms with van der Waals surface area (Å²) in [5.74, 6) is -0.168. The highest BCUT2D eigenvalue weighted by molar-refractivity contribution is 6.42. The minimum atomic E-state index is -0.356. The molecule has 9 heteroatoms. The lowest BCUT2D eigenvalue weighted by Gasteiger charge is -2.26. The van der Waals surface area contributed by atoms with Gasteiger partial charge in [0.25, 0.3) is 5.91 Å². The predicted octanol–water partition coefficient (Wildman–Crippen LogP) is 6.62. The fourth-order valence-corrected chi connectivity index (χ4v) is 3.75. The van der Waals surface area contributed by atoms with Gasteiger partial charge in [0.15, 0.2) is 0 Å². The third-order valence-electron chi connectivity index (χ3n) is 5.16. The minimum absolute atomic E-state index is 0.138. The molecule has 0 saturated carbocycles. The van der Waals surface area contributed by atoms with Crippen molar-refractivity contribution in [1.29, 1.82) is 0 Å². The van der Waals surface area contributed by atoms with E-state index in [1.165, 1.54) is 4.90 Å². The maximum Gasteiger partial charge on any atom is 0.254 e. The first-order valence-electron chi connectivity index (χ1n) is 10.8. The van der Waals surface area contributed by atoms with Crippen LogP contribution in [0.15, 0.2) is 48.5 Å². The normalized spacial score (nSPS) is 11.6. The maximum atomic E-state index is 13.1. The Labute approximate surface area is 214 Å². The summed E-state index contributed by atoms with van der Waals surface area (Å²) >= 11 is 18.3. The van der Waals surface area contributed by atoms with Gasteiger partial charge in [0, 0.05) is 28.1 Å². The lowest BCUT2D eigenvalue weighted by Crippen LogP contribution is -2.42. The molecule has 0 aliphatic carbocycles. The summed E-state index contributed by atoms with van der Waals surface area (Å²) in [7, 11) is 0. The highest BCUT2D eigenvalue weighted by atomic mass is 35.5. The first kappa shape index (κ1) is 26.1. The van der Waals surface area contributed by atoms with Crippen molar-refractivity contribution in [1.82, 2.24) is 14.7 Å². The van der Waals surface area contributed by atoms with E-state index in [4.69, 9.17) is 34.8 Å². The molecule has 0 radical (unpaired) electrons. The molecule has 3 aromatic rings. The van der Waals surface area contributed by atoms with Crippen molar-refractivity contribution in [3.8, 4) is 5.69 Å². The van der Waals surface area contributed by atoms with Crippen molar-refractivity contribution in [3.05, 3.63) is 74.9 Å². The Morgan fingerprint density at radius 1 is 1.03 bits per heavy atom. The number of anilines is 1. The van der Waals surface area contributed by atoms with Gasteiger partial charge >= 0.3 is 0 Å². The number of hydrogen-bond acceptors (Lipinski definition) is 3. The molecule has 3 rings (SSSR count). The zero-order valence-corrected chi connectivity index (χ0v) is 22.0. The molecule has 1 aromatic heterocycles. The third-order valence-corrected chi connectivity index (χ3v) is 6.14. The molecule has 1 heterocycles. The Morgan fingerprint density at radius 3 is 2.32 bits per heavy atom. The molecular weight excluding hydrogens is 495 g/mol. The number of aromatic nitrogens is 2. The van der Waals surface area contributed by atoms with Gasteiger partial charge in [-0.15, -0.1) is 0 Å². The molecule has 34 heavy (non-hydrogen) atoms. The third kappa shape index (κ3) is 6.12. The van der Waals surface area contributed by atoms with E-state index in [0.29, 0.717) is 32.1 Å². The van der Waals surface area contributed by atoms with Gasteiger partial charge in [-0.2, -0.15) is 5.10 Å². The highest BCUT2D eigenvalue weighted by Crippen LogP contribution is 2.29. The Bertz CT molecular complexity index is 1220. The summed E-state index contributed by atoms with van der Waals surface area (Å²) in [5.41, 5.74) is 1.60. The van der Waals surface area contributed by atoms with Crippen molar-refractivity contribution >= 4 is 52.4 Å². The standard InChI is InChI=1S/C25H27Cl3N4O2/c1-15(2)31(24(34)16-7-6-8-17(26)11-16)14-23(33)29-22-13-21(25(3,4)5)30-32(22)18-9-10-19(27)20(28)12-18/h6-13,15H,14H2,1-5H3,(H,29,33). The average molecular weight is 522 g/mol. The number of amides is 2. The second-order valence-electron chi connectivity index (χ2n) is 9.26. The monoisotopic (exact) mass is 520 g/mol. The lowest BCUT2D eigenvalue weighted by molar-refractivity contribution is -0.117. The van der Waals surface area contributed by atoms with E-state index < -0.39 is 0 Å². The van der Waals surface area contributed by atoms with Crippen molar-refractivity contribution in [3.63, 3.8) is 0 Å². The zero-order valence-electron chi connectivity index (χ0n) is 19.7. The van der Waals surface area contributed by atoms with Crippen LogP contribution in [0.3, 0.4) is 0 Å². The number of nitrogens with one attached hydrogen (secondary N) is 1. The summed E-state index contributed by atoms with van der Waals surface area (Å²) in [5, 5.41) is 8.85. The molecular formula is C25H27Cl3N4O2. The fraction of sp³-hybridized carbons (Fsp3) is 0.320. The molecule has 6 nitrogen and oxygen atoms in total. The van der Waals surface area contributed by atoms with Crippen LogP contribution >= 0.6 is 34.8 Å². The summed E-state index contributed by atoms with van der Waals surface area (Å²) in [6.07, 6.45) is 0. The summed E-state index contributed by atoms with van der Waals surface area (Å²) < 4.78 is 1.61. The van der Waals surface area contributed by atoms with Gasteiger partial charge in [0.2, 0.25) is 5.91 Å². The van der Waals surface area contributed by atoms with Crippen molar-refractivity contribution < 1.29 is 9.59 Å². The minimum Gasteiger partial charge on any atom is -0.327 e. The SMILES string of the molecule is CC(C)N(CC(=O)Nc1cc(C(C)(C)C)nn1-c1ccc(Cl)c(Cl)c1)C(=O)c1cccc(Cl)c1. The van der Waals surface area contributed by atoms with Crippen LogP contribution < -0.4 is 5.32 Å². The zero-order chi connectivity index (χ0) is 25.2. The molecule has 2 amide bonds. The number of carbonyl (C=O) groups excluding carboxylic acids is 2. The van der Waals surface area contributed by atoms with Crippen molar-refractivity contribution in [2.24, 2.45) is 0 Å². The number of benzene rings is 2. The molecule has 0 aliphatic rings. The van der Waals surface area contributed by atoms with Crippen molar-refractivity contribution in [2.45, 2.75) is 46.1 Å². The van der Waals surface area contributed by atoms with Crippen LogP contribution in [0.25, 0.3) is 5.69 Å². The maximum absolute atomic E-state index is 13.1. The van der Waals surface area contributed by atoms with Gasteiger partial charge < -0.3 is 10.2 Å². The van der Waals surface area contributed by atoms with Crippen LogP contribution in [0.5, 0.6) is 0 Å². The van der Waals surface area contributed by atoms with Gasteiger partial charge in [0.1, 0.15) is 12.4 Å². The molecule has 0 bridgehead atoms. The molecule has 0 unspecified atom stereocenters. The highest BCUT2D eigenvalue weighted by Gasteiger charge is 2.25. The number of nitrogens with zero attached hydrogens (tertiary/aromatic N) is 3. The summed E-state index contributed by atoms with van der Waals surface area (Å²) in [6, 6.07) is 13.4. The Morgan fingerprint density at radius 2 is 1.74 bits per heavy atom. The Balaban J connectivity index is 1.89. The molecule has 0 aliphatic heterocycles. The van der Waals surface area contributed by atoms with Gasteiger partial charge in [-0.3, -0.25) is 9.59 Å². The van der Waals surface area contributed by atoms with Gasteiger partial charge in [-0.05, 0) is 50.2 Å². The molecule has 2 aromatic carbocycles. The second kappa shape index (κ2) is 10.4. The number of hydrogen-bond donors (Lipinski definition) is 1. The van der Waals surface area contributed by atoms with E-state index in [1.807, 2.05) is 40.7 Å².